The molecule has 1 fully saturated rings. The zero-order valence-electron chi connectivity index (χ0n) is 10.8. The number of oxime groups is 1. The van der Waals surface area contributed by atoms with Crippen molar-refractivity contribution >= 4 is 11.5 Å². The molecule has 1 unspecified atom stereocenters. The Labute approximate surface area is 111 Å². The highest BCUT2D eigenvalue weighted by Crippen LogP contribution is 2.28. The number of hydrogen-bond acceptors (Lipinski definition) is 4. The van der Waals surface area contributed by atoms with Gasteiger partial charge >= 0.3 is 0 Å². The maximum atomic E-state index is 13.3. The zero-order chi connectivity index (χ0) is 14.0. The summed E-state index contributed by atoms with van der Waals surface area (Å²) in [5.41, 5.74) is 5.80. The third-order valence-corrected chi connectivity index (χ3v) is 3.36. The predicted molar refractivity (Wildman–Crippen MR) is 71.0 cm³/mol. The molecule has 2 rings (SSSR count). The minimum Gasteiger partial charge on any atom is -0.409 e. The highest BCUT2D eigenvalue weighted by molar-refractivity contribution is 6.02. The van der Waals surface area contributed by atoms with E-state index in [-0.39, 0.29) is 5.84 Å². The Balaban J connectivity index is 2.39. The van der Waals surface area contributed by atoms with Crippen LogP contribution in [0.15, 0.2) is 23.4 Å². The lowest BCUT2D eigenvalue weighted by molar-refractivity contribution is 0.0449. The van der Waals surface area contributed by atoms with Gasteiger partial charge in [-0.25, -0.2) is 4.39 Å². The average molecular weight is 267 g/mol. The van der Waals surface area contributed by atoms with E-state index >= 15 is 0 Å². The number of benzene rings is 1. The number of amidine groups is 1. The van der Waals surface area contributed by atoms with Crippen LogP contribution >= 0.6 is 0 Å². The molecule has 4 N–H and O–H groups in total. The number of nitrogens with zero attached hydrogens (tertiary/aromatic N) is 2. The Kier molecular flexibility index (Phi) is 3.61. The van der Waals surface area contributed by atoms with Gasteiger partial charge in [-0.2, -0.15) is 0 Å². The zero-order valence-corrected chi connectivity index (χ0v) is 10.8. The van der Waals surface area contributed by atoms with Crippen molar-refractivity contribution < 1.29 is 14.7 Å². The number of anilines is 1. The van der Waals surface area contributed by atoms with Gasteiger partial charge in [0.1, 0.15) is 5.82 Å². The summed E-state index contributed by atoms with van der Waals surface area (Å²) >= 11 is 0. The minimum absolute atomic E-state index is 0.139. The van der Waals surface area contributed by atoms with E-state index in [1.165, 1.54) is 12.1 Å². The quantitative estimate of drug-likeness (QED) is 0.326. The monoisotopic (exact) mass is 267 g/mol. The smallest absolute Gasteiger partial charge is 0.172 e. The summed E-state index contributed by atoms with van der Waals surface area (Å²) in [4.78, 5) is 1.93. The molecule has 1 aliphatic heterocycles. The first-order chi connectivity index (χ1) is 8.93. The van der Waals surface area contributed by atoms with Crippen LogP contribution in [0.4, 0.5) is 10.1 Å². The van der Waals surface area contributed by atoms with Crippen molar-refractivity contribution in [2.45, 2.75) is 25.4 Å². The highest BCUT2D eigenvalue weighted by atomic mass is 19.1. The van der Waals surface area contributed by atoms with E-state index in [0.717, 1.165) is 19.4 Å². The van der Waals surface area contributed by atoms with Crippen molar-refractivity contribution in [3.8, 4) is 0 Å². The maximum Gasteiger partial charge on any atom is 0.172 e. The van der Waals surface area contributed by atoms with Crippen LogP contribution in [0.25, 0.3) is 0 Å². The molecule has 0 bridgehead atoms. The second-order valence-corrected chi connectivity index (χ2v) is 5.17. The van der Waals surface area contributed by atoms with Crippen molar-refractivity contribution in [1.82, 2.24) is 0 Å². The van der Waals surface area contributed by atoms with Crippen LogP contribution in [0.2, 0.25) is 0 Å². The molecule has 0 amide bonds. The molecule has 0 spiro atoms. The van der Waals surface area contributed by atoms with Crippen molar-refractivity contribution in [2.75, 3.05) is 18.0 Å². The molecular weight excluding hydrogens is 249 g/mol. The summed E-state index contributed by atoms with van der Waals surface area (Å²) in [7, 11) is 0. The molecule has 1 atom stereocenters. The van der Waals surface area contributed by atoms with E-state index in [0.29, 0.717) is 17.8 Å². The Morgan fingerprint density at radius 2 is 2.26 bits per heavy atom. The molecule has 1 aliphatic rings. The van der Waals surface area contributed by atoms with Crippen LogP contribution in [-0.2, 0) is 0 Å². The van der Waals surface area contributed by atoms with Crippen LogP contribution in [0.3, 0.4) is 0 Å². The van der Waals surface area contributed by atoms with E-state index < -0.39 is 11.4 Å². The van der Waals surface area contributed by atoms with Gasteiger partial charge < -0.3 is 20.9 Å². The lowest BCUT2D eigenvalue weighted by atomic mass is 9.94. The number of nitrogens with two attached hydrogens (primary N) is 1. The van der Waals surface area contributed by atoms with Crippen LogP contribution < -0.4 is 10.6 Å². The SMILES string of the molecule is CC1(O)CCCN(c2ccc(F)cc2/C(N)=N/O)C1. The fourth-order valence-electron chi connectivity index (χ4n) is 2.47. The number of halogens is 1. The fourth-order valence-corrected chi connectivity index (χ4v) is 2.47. The van der Waals surface area contributed by atoms with Gasteiger partial charge in [0.25, 0.3) is 0 Å². The van der Waals surface area contributed by atoms with Gasteiger partial charge in [-0.3, -0.25) is 0 Å². The Morgan fingerprint density at radius 1 is 1.53 bits per heavy atom. The lowest BCUT2D eigenvalue weighted by Crippen LogP contribution is -2.46. The van der Waals surface area contributed by atoms with Gasteiger partial charge in [-0.15, -0.1) is 0 Å². The van der Waals surface area contributed by atoms with Crippen LogP contribution in [0.5, 0.6) is 0 Å². The highest BCUT2D eigenvalue weighted by Gasteiger charge is 2.29. The van der Waals surface area contributed by atoms with Crippen molar-refractivity contribution in [1.29, 1.82) is 0 Å². The summed E-state index contributed by atoms with van der Waals surface area (Å²) in [6.07, 6.45) is 1.56. The molecule has 0 saturated carbocycles. The Hall–Kier alpha value is -1.82. The Bertz CT molecular complexity index is 503. The Morgan fingerprint density at radius 3 is 2.89 bits per heavy atom. The molecule has 1 aromatic rings. The summed E-state index contributed by atoms with van der Waals surface area (Å²) < 4.78 is 13.3. The second kappa shape index (κ2) is 5.05. The van der Waals surface area contributed by atoms with E-state index in [4.69, 9.17) is 10.9 Å². The van der Waals surface area contributed by atoms with E-state index in [2.05, 4.69) is 5.16 Å². The van der Waals surface area contributed by atoms with Gasteiger partial charge in [0.05, 0.1) is 5.60 Å². The summed E-state index contributed by atoms with van der Waals surface area (Å²) in [6.45, 7) is 2.95. The van der Waals surface area contributed by atoms with Gasteiger partial charge in [-0.1, -0.05) is 5.16 Å². The molecule has 1 aromatic carbocycles. The molecular formula is C13H18FN3O2. The molecule has 0 radical (unpaired) electrons. The van der Waals surface area contributed by atoms with Gasteiger partial charge in [0.2, 0.25) is 0 Å². The van der Waals surface area contributed by atoms with Gasteiger partial charge in [0.15, 0.2) is 5.84 Å². The predicted octanol–water partition coefficient (Wildman–Crippen LogP) is 1.27. The fraction of sp³-hybridized carbons (Fsp3) is 0.462. The van der Waals surface area contributed by atoms with Crippen molar-refractivity contribution in [2.24, 2.45) is 10.9 Å². The first-order valence-corrected chi connectivity index (χ1v) is 6.18. The average Bonchev–Trinajstić information content (AvgIpc) is 2.36. The number of hydrogen-bond donors (Lipinski definition) is 3. The molecule has 5 nitrogen and oxygen atoms in total. The lowest BCUT2D eigenvalue weighted by Gasteiger charge is -2.39. The third-order valence-electron chi connectivity index (χ3n) is 3.36. The molecule has 104 valence electrons. The topological polar surface area (TPSA) is 82.1 Å². The molecule has 1 heterocycles. The van der Waals surface area contributed by atoms with E-state index in [9.17, 15) is 9.50 Å². The largest absolute Gasteiger partial charge is 0.409 e. The van der Waals surface area contributed by atoms with Crippen molar-refractivity contribution in [3.05, 3.63) is 29.6 Å². The van der Waals surface area contributed by atoms with E-state index in [1.54, 1.807) is 13.0 Å². The maximum absolute atomic E-state index is 13.3. The summed E-state index contributed by atoms with van der Waals surface area (Å²) in [5.74, 6) is -0.589. The normalized spacial score (nSPS) is 24.6. The summed E-state index contributed by atoms with van der Waals surface area (Å²) in [5, 5.41) is 21.8. The van der Waals surface area contributed by atoms with Crippen molar-refractivity contribution in [3.63, 3.8) is 0 Å². The first kappa shape index (κ1) is 13.6. The number of piperidine rings is 1. The number of β-amino-alcohol motifs (C(OH)–C–C–N with tert-alkyl or cyclic N) is 1. The van der Waals surface area contributed by atoms with Crippen LogP contribution in [0.1, 0.15) is 25.3 Å². The summed E-state index contributed by atoms with van der Waals surface area (Å²) in [6, 6.07) is 4.14. The molecule has 6 heteroatoms. The first-order valence-electron chi connectivity index (χ1n) is 6.18. The molecule has 1 saturated heterocycles. The molecule has 0 aromatic heterocycles. The van der Waals surface area contributed by atoms with Gasteiger partial charge in [0, 0.05) is 24.3 Å². The van der Waals surface area contributed by atoms with Gasteiger partial charge in [-0.05, 0) is 38.0 Å². The second-order valence-electron chi connectivity index (χ2n) is 5.17. The van der Waals surface area contributed by atoms with Crippen LogP contribution in [0, 0.1) is 5.82 Å². The number of rotatable bonds is 2. The third kappa shape index (κ3) is 2.96. The molecule has 19 heavy (non-hydrogen) atoms. The number of aliphatic hydroxyl groups is 1. The van der Waals surface area contributed by atoms with E-state index in [1.807, 2.05) is 4.90 Å². The molecule has 0 aliphatic carbocycles. The standard InChI is InChI=1S/C13H18FN3O2/c1-13(18)5-2-6-17(8-13)11-4-3-9(14)7-10(11)12(15)16-19/h3-4,7,18-19H,2,5-6,8H2,1H3,(H2,15,16). The minimum atomic E-state index is -0.783. The van der Waals surface area contributed by atoms with Crippen LogP contribution in [-0.4, -0.2) is 34.8 Å².